The molecule has 3 nitrogen and oxygen atoms in total. The van der Waals surface area contributed by atoms with Crippen LogP contribution in [0.2, 0.25) is 5.15 Å². The molecule has 0 unspecified atom stereocenters. The first-order valence-corrected chi connectivity index (χ1v) is 5.77. The molecule has 0 saturated heterocycles. The van der Waals surface area contributed by atoms with Gasteiger partial charge in [0.15, 0.2) is 5.65 Å². The molecule has 5 heteroatoms. The maximum Gasteiger partial charge on any atom is 0.160 e. The van der Waals surface area contributed by atoms with Crippen molar-refractivity contribution in [1.82, 2.24) is 14.5 Å². The highest BCUT2D eigenvalue weighted by Gasteiger charge is 2.10. The van der Waals surface area contributed by atoms with Crippen molar-refractivity contribution in [1.29, 1.82) is 0 Å². The molecule has 0 aliphatic rings. The SMILES string of the molecule is Cn1c(-c2ccc(F)cc2)cc2ncc(Cl)nc21. The topological polar surface area (TPSA) is 30.7 Å². The number of nitrogens with zero attached hydrogens (tertiary/aromatic N) is 3. The Hall–Kier alpha value is -1.94. The van der Waals surface area contributed by atoms with Crippen molar-refractivity contribution in [3.63, 3.8) is 0 Å². The molecule has 0 amide bonds. The summed E-state index contributed by atoms with van der Waals surface area (Å²) >= 11 is 5.83. The van der Waals surface area contributed by atoms with E-state index in [1.807, 2.05) is 17.7 Å². The Bertz CT molecular complexity index is 719. The number of aryl methyl sites for hydroxylation is 1. The van der Waals surface area contributed by atoms with Gasteiger partial charge in [-0.15, -0.1) is 0 Å². The van der Waals surface area contributed by atoms with Gasteiger partial charge in [0.2, 0.25) is 0 Å². The zero-order valence-electron chi connectivity index (χ0n) is 9.56. The van der Waals surface area contributed by atoms with Crippen LogP contribution in [0.5, 0.6) is 0 Å². The summed E-state index contributed by atoms with van der Waals surface area (Å²) in [5, 5.41) is 0.356. The molecule has 0 radical (unpaired) electrons. The molecule has 0 fully saturated rings. The molecular weight excluding hydrogens is 253 g/mol. The summed E-state index contributed by atoms with van der Waals surface area (Å²) in [6.07, 6.45) is 1.51. The lowest BCUT2D eigenvalue weighted by atomic mass is 10.1. The number of aromatic nitrogens is 3. The van der Waals surface area contributed by atoms with E-state index in [4.69, 9.17) is 11.6 Å². The van der Waals surface area contributed by atoms with Gasteiger partial charge in [0.25, 0.3) is 0 Å². The zero-order chi connectivity index (χ0) is 12.7. The van der Waals surface area contributed by atoms with E-state index in [0.29, 0.717) is 10.8 Å². The molecule has 0 atom stereocenters. The van der Waals surface area contributed by atoms with Gasteiger partial charge in [-0.1, -0.05) is 11.6 Å². The van der Waals surface area contributed by atoms with E-state index in [0.717, 1.165) is 16.8 Å². The summed E-state index contributed by atoms with van der Waals surface area (Å²) < 4.78 is 14.8. The molecule has 2 heterocycles. The van der Waals surface area contributed by atoms with Crippen LogP contribution in [0.1, 0.15) is 0 Å². The fourth-order valence-corrected chi connectivity index (χ4v) is 2.08. The smallest absolute Gasteiger partial charge is 0.160 e. The van der Waals surface area contributed by atoms with Crippen LogP contribution in [0.15, 0.2) is 36.5 Å². The monoisotopic (exact) mass is 261 g/mol. The van der Waals surface area contributed by atoms with E-state index >= 15 is 0 Å². The Kier molecular flexibility index (Phi) is 2.52. The number of hydrogen-bond acceptors (Lipinski definition) is 2. The minimum atomic E-state index is -0.253. The third kappa shape index (κ3) is 1.75. The maximum atomic E-state index is 12.9. The van der Waals surface area contributed by atoms with E-state index in [-0.39, 0.29) is 5.82 Å². The Balaban J connectivity index is 2.23. The minimum absolute atomic E-state index is 0.253. The first kappa shape index (κ1) is 11.2. The summed E-state index contributed by atoms with van der Waals surface area (Å²) in [5.74, 6) is -0.253. The van der Waals surface area contributed by atoms with Crippen molar-refractivity contribution in [3.8, 4) is 11.3 Å². The molecule has 0 spiro atoms. The van der Waals surface area contributed by atoms with Crippen LogP contribution < -0.4 is 0 Å². The summed E-state index contributed by atoms with van der Waals surface area (Å²) in [4.78, 5) is 8.45. The largest absolute Gasteiger partial charge is 0.327 e. The summed E-state index contributed by atoms with van der Waals surface area (Å²) in [6.45, 7) is 0. The average Bonchev–Trinajstić information content (AvgIpc) is 2.68. The molecule has 18 heavy (non-hydrogen) atoms. The molecule has 0 saturated carbocycles. The average molecular weight is 262 g/mol. The molecule has 0 aliphatic carbocycles. The number of halogens is 2. The Morgan fingerprint density at radius 1 is 1.22 bits per heavy atom. The fraction of sp³-hybridized carbons (Fsp3) is 0.0769. The first-order valence-electron chi connectivity index (χ1n) is 5.39. The van der Waals surface area contributed by atoms with Gasteiger partial charge in [-0.05, 0) is 35.9 Å². The lowest BCUT2D eigenvalue weighted by molar-refractivity contribution is 0.628. The minimum Gasteiger partial charge on any atom is -0.327 e. The summed E-state index contributed by atoms with van der Waals surface area (Å²) in [5.41, 5.74) is 3.31. The van der Waals surface area contributed by atoms with Gasteiger partial charge in [-0.3, -0.25) is 0 Å². The van der Waals surface area contributed by atoms with Crippen LogP contribution in [0.3, 0.4) is 0 Å². The van der Waals surface area contributed by atoms with Gasteiger partial charge < -0.3 is 4.57 Å². The fourth-order valence-electron chi connectivity index (χ4n) is 1.95. The summed E-state index contributed by atoms with van der Waals surface area (Å²) in [6, 6.07) is 8.23. The molecular formula is C13H9ClFN3. The number of rotatable bonds is 1. The van der Waals surface area contributed by atoms with Gasteiger partial charge in [0, 0.05) is 7.05 Å². The first-order chi connectivity index (χ1) is 8.65. The van der Waals surface area contributed by atoms with Crippen molar-refractivity contribution in [2.24, 2.45) is 7.05 Å². The molecule has 0 N–H and O–H groups in total. The quantitative estimate of drug-likeness (QED) is 0.672. The molecule has 90 valence electrons. The lowest BCUT2D eigenvalue weighted by Crippen LogP contribution is -1.93. The highest BCUT2D eigenvalue weighted by atomic mass is 35.5. The van der Waals surface area contributed by atoms with Crippen molar-refractivity contribution in [2.75, 3.05) is 0 Å². The number of hydrogen-bond donors (Lipinski definition) is 0. The van der Waals surface area contributed by atoms with Gasteiger partial charge >= 0.3 is 0 Å². The van der Waals surface area contributed by atoms with Gasteiger partial charge in [0.05, 0.1) is 11.9 Å². The standard InChI is InChI=1S/C13H9ClFN3/c1-18-11(8-2-4-9(15)5-3-8)6-10-13(18)17-12(14)7-16-10/h2-7H,1H3. The normalized spacial score (nSPS) is 11.1. The van der Waals surface area contributed by atoms with Gasteiger partial charge in [-0.25, -0.2) is 14.4 Å². The second-order valence-corrected chi connectivity index (χ2v) is 4.38. The van der Waals surface area contributed by atoms with Gasteiger partial charge in [0.1, 0.15) is 16.5 Å². The molecule has 1 aromatic carbocycles. The third-order valence-corrected chi connectivity index (χ3v) is 3.03. The van der Waals surface area contributed by atoms with Crippen LogP contribution in [0, 0.1) is 5.82 Å². The highest BCUT2D eigenvalue weighted by molar-refractivity contribution is 6.29. The zero-order valence-corrected chi connectivity index (χ0v) is 10.3. The van der Waals surface area contributed by atoms with E-state index in [1.54, 1.807) is 12.1 Å². The van der Waals surface area contributed by atoms with Crippen molar-refractivity contribution >= 4 is 22.8 Å². The summed E-state index contributed by atoms with van der Waals surface area (Å²) in [7, 11) is 1.88. The van der Waals surface area contributed by atoms with Crippen LogP contribution in [-0.4, -0.2) is 14.5 Å². The van der Waals surface area contributed by atoms with Crippen molar-refractivity contribution < 1.29 is 4.39 Å². The Labute approximate surface area is 108 Å². The predicted molar refractivity (Wildman–Crippen MR) is 68.9 cm³/mol. The van der Waals surface area contributed by atoms with E-state index in [9.17, 15) is 4.39 Å². The van der Waals surface area contributed by atoms with E-state index < -0.39 is 0 Å². The third-order valence-electron chi connectivity index (χ3n) is 2.84. The lowest BCUT2D eigenvalue weighted by Gasteiger charge is -2.03. The Morgan fingerprint density at radius 2 is 1.94 bits per heavy atom. The second kappa shape index (κ2) is 4.07. The molecule has 2 aromatic heterocycles. The van der Waals surface area contributed by atoms with Crippen LogP contribution in [0.25, 0.3) is 22.4 Å². The number of fused-ring (bicyclic) bond motifs is 1. The van der Waals surface area contributed by atoms with Crippen molar-refractivity contribution in [2.45, 2.75) is 0 Å². The van der Waals surface area contributed by atoms with Crippen molar-refractivity contribution in [3.05, 3.63) is 47.5 Å². The van der Waals surface area contributed by atoms with Crippen LogP contribution in [0.4, 0.5) is 4.39 Å². The Morgan fingerprint density at radius 3 is 2.67 bits per heavy atom. The molecule has 0 bridgehead atoms. The van der Waals surface area contributed by atoms with Gasteiger partial charge in [-0.2, -0.15) is 0 Å². The van der Waals surface area contributed by atoms with Crippen LogP contribution in [-0.2, 0) is 7.05 Å². The van der Waals surface area contributed by atoms with E-state index in [1.165, 1.54) is 18.3 Å². The maximum absolute atomic E-state index is 12.9. The highest BCUT2D eigenvalue weighted by Crippen LogP contribution is 2.25. The second-order valence-electron chi connectivity index (χ2n) is 4.00. The molecule has 3 aromatic rings. The van der Waals surface area contributed by atoms with E-state index in [2.05, 4.69) is 9.97 Å². The van der Waals surface area contributed by atoms with Crippen LogP contribution >= 0.6 is 11.6 Å². The molecule has 3 rings (SSSR count). The number of benzene rings is 1. The predicted octanol–water partition coefficient (Wildman–Crippen LogP) is 3.43. The molecule has 0 aliphatic heterocycles.